The molecule has 1 aliphatic heterocycles. The van der Waals surface area contributed by atoms with E-state index in [-0.39, 0.29) is 11.9 Å². The Hall–Kier alpha value is -2.55. The van der Waals surface area contributed by atoms with Crippen LogP contribution in [0.4, 0.5) is 0 Å². The zero-order valence-electron chi connectivity index (χ0n) is 12.7. The molecule has 0 spiro atoms. The maximum Gasteiger partial charge on any atom is 0.253 e. The molecule has 3 rings (SSSR count). The molecule has 3 nitrogen and oxygen atoms in total. The van der Waals surface area contributed by atoms with Gasteiger partial charge in [0.15, 0.2) is 0 Å². The number of rotatable bonds is 4. The van der Waals surface area contributed by atoms with Gasteiger partial charge in [0.05, 0.1) is 11.6 Å². The minimum absolute atomic E-state index is 0.0312. The quantitative estimate of drug-likeness (QED) is 0.907. The van der Waals surface area contributed by atoms with Gasteiger partial charge in [-0.1, -0.05) is 61.5 Å². The van der Waals surface area contributed by atoms with Crippen molar-refractivity contribution in [1.82, 2.24) is 10.6 Å². The lowest BCUT2D eigenvalue weighted by molar-refractivity contribution is -0.116. The van der Waals surface area contributed by atoms with E-state index in [1.807, 2.05) is 42.6 Å². The van der Waals surface area contributed by atoms with Crippen molar-refractivity contribution in [2.75, 3.05) is 0 Å². The van der Waals surface area contributed by atoms with Crippen LogP contribution in [0.3, 0.4) is 0 Å². The monoisotopic (exact) mass is 292 g/mol. The number of carbonyl (C=O) groups excluding carboxylic acids is 1. The third kappa shape index (κ3) is 2.89. The molecule has 0 aromatic heterocycles. The van der Waals surface area contributed by atoms with Gasteiger partial charge in [-0.25, -0.2) is 0 Å². The second-order valence-corrected chi connectivity index (χ2v) is 5.44. The predicted molar refractivity (Wildman–Crippen MR) is 88.9 cm³/mol. The molecule has 0 fully saturated rings. The number of carbonyl (C=O) groups is 1. The van der Waals surface area contributed by atoms with Crippen LogP contribution in [0.25, 0.3) is 5.57 Å². The van der Waals surface area contributed by atoms with Crippen LogP contribution in [0.2, 0.25) is 0 Å². The summed E-state index contributed by atoms with van der Waals surface area (Å²) in [6.45, 7) is 2.85. The van der Waals surface area contributed by atoms with E-state index in [1.165, 1.54) is 0 Å². The van der Waals surface area contributed by atoms with Gasteiger partial charge in [0.1, 0.15) is 0 Å². The molecule has 0 aliphatic carbocycles. The summed E-state index contributed by atoms with van der Waals surface area (Å²) in [5, 5.41) is 6.33. The van der Waals surface area contributed by atoms with Gasteiger partial charge in [0.25, 0.3) is 5.91 Å². The molecule has 3 heteroatoms. The topological polar surface area (TPSA) is 41.1 Å². The molecule has 1 heterocycles. The number of fused-ring (bicyclic) bond motifs is 1. The van der Waals surface area contributed by atoms with E-state index >= 15 is 0 Å². The molecule has 0 radical (unpaired) electrons. The molecule has 112 valence electrons. The van der Waals surface area contributed by atoms with E-state index in [9.17, 15) is 4.79 Å². The van der Waals surface area contributed by atoms with Gasteiger partial charge in [-0.2, -0.15) is 0 Å². The third-order valence-electron chi connectivity index (χ3n) is 4.01. The number of benzene rings is 2. The first-order chi connectivity index (χ1) is 10.8. The van der Waals surface area contributed by atoms with Crippen LogP contribution >= 0.6 is 0 Å². The highest BCUT2D eigenvalue weighted by molar-refractivity contribution is 6.20. The smallest absolute Gasteiger partial charge is 0.253 e. The maximum atomic E-state index is 12.7. The number of nitrogens with one attached hydrogen (secondary N) is 2. The maximum absolute atomic E-state index is 12.7. The molecule has 0 unspecified atom stereocenters. The summed E-state index contributed by atoms with van der Waals surface area (Å²) < 4.78 is 0. The summed E-state index contributed by atoms with van der Waals surface area (Å²) in [6, 6.07) is 18.2. The Kier molecular flexibility index (Phi) is 4.24. The van der Waals surface area contributed by atoms with Crippen molar-refractivity contribution in [3.8, 4) is 0 Å². The lowest BCUT2D eigenvalue weighted by Crippen LogP contribution is -2.31. The molecule has 0 saturated heterocycles. The lowest BCUT2D eigenvalue weighted by Gasteiger charge is -2.22. The third-order valence-corrected chi connectivity index (χ3v) is 4.01. The minimum Gasteiger partial charge on any atom is -0.386 e. The summed E-state index contributed by atoms with van der Waals surface area (Å²) in [4.78, 5) is 12.7. The second-order valence-electron chi connectivity index (χ2n) is 5.44. The van der Waals surface area contributed by atoms with Crippen molar-refractivity contribution < 1.29 is 4.79 Å². The molecule has 0 saturated carbocycles. The average Bonchev–Trinajstić information content (AvgIpc) is 2.59. The fourth-order valence-corrected chi connectivity index (χ4v) is 2.81. The van der Waals surface area contributed by atoms with E-state index < -0.39 is 0 Å². The Morgan fingerprint density at radius 1 is 1.14 bits per heavy atom. The molecule has 2 aromatic rings. The van der Waals surface area contributed by atoms with Crippen LogP contribution in [0.15, 0.2) is 60.8 Å². The minimum atomic E-state index is -0.0321. The van der Waals surface area contributed by atoms with Gasteiger partial charge >= 0.3 is 0 Å². The summed E-state index contributed by atoms with van der Waals surface area (Å²) in [6.07, 6.45) is 2.67. The van der Waals surface area contributed by atoms with E-state index in [0.29, 0.717) is 5.57 Å². The Labute approximate surface area is 131 Å². The summed E-state index contributed by atoms with van der Waals surface area (Å²) in [5.74, 6) is -0.0321. The SMILES string of the molecule is CC[C@H](NC(=O)C1=CNCc2ccccc21)c1ccccc1. The first kappa shape index (κ1) is 14.4. The van der Waals surface area contributed by atoms with E-state index in [1.54, 1.807) is 0 Å². The van der Waals surface area contributed by atoms with E-state index in [2.05, 4.69) is 35.8 Å². The fraction of sp³-hybridized carbons (Fsp3) is 0.211. The van der Waals surface area contributed by atoms with Crippen molar-refractivity contribution in [1.29, 1.82) is 0 Å². The molecular formula is C19H20N2O. The van der Waals surface area contributed by atoms with Gasteiger partial charge in [0, 0.05) is 12.7 Å². The lowest BCUT2D eigenvalue weighted by atomic mass is 9.96. The largest absolute Gasteiger partial charge is 0.386 e. The molecular weight excluding hydrogens is 272 g/mol. The normalized spacial score (nSPS) is 14.3. The number of hydrogen-bond donors (Lipinski definition) is 2. The molecule has 2 N–H and O–H groups in total. The zero-order valence-corrected chi connectivity index (χ0v) is 12.7. The molecule has 22 heavy (non-hydrogen) atoms. The summed E-state index contributed by atoms with van der Waals surface area (Å²) in [7, 11) is 0. The standard InChI is InChI=1S/C19H20N2O/c1-2-18(14-8-4-3-5-9-14)21-19(22)17-13-20-12-15-10-6-7-11-16(15)17/h3-11,13,18,20H,2,12H2,1H3,(H,21,22)/t18-/m0/s1. The number of hydrogen-bond acceptors (Lipinski definition) is 2. The first-order valence-electron chi connectivity index (χ1n) is 7.67. The van der Waals surface area contributed by atoms with Gasteiger partial charge in [-0.05, 0) is 23.1 Å². The molecule has 2 aromatic carbocycles. The Morgan fingerprint density at radius 2 is 1.86 bits per heavy atom. The molecule has 1 aliphatic rings. The summed E-state index contributed by atoms with van der Waals surface area (Å²) >= 11 is 0. The van der Waals surface area contributed by atoms with Gasteiger partial charge in [-0.3, -0.25) is 4.79 Å². The van der Waals surface area contributed by atoms with Crippen LogP contribution in [-0.2, 0) is 11.3 Å². The van der Waals surface area contributed by atoms with Crippen LogP contribution in [0.5, 0.6) is 0 Å². The van der Waals surface area contributed by atoms with Crippen LogP contribution < -0.4 is 10.6 Å². The zero-order chi connectivity index (χ0) is 15.4. The highest BCUT2D eigenvalue weighted by Gasteiger charge is 2.20. The first-order valence-corrected chi connectivity index (χ1v) is 7.67. The van der Waals surface area contributed by atoms with E-state index in [4.69, 9.17) is 0 Å². The van der Waals surface area contributed by atoms with Crippen molar-refractivity contribution in [2.24, 2.45) is 0 Å². The molecule has 1 atom stereocenters. The second kappa shape index (κ2) is 6.48. The highest BCUT2D eigenvalue weighted by atomic mass is 16.1. The van der Waals surface area contributed by atoms with Gasteiger partial charge in [0.2, 0.25) is 0 Å². The van der Waals surface area contributed by atoms with Gasteiger partial charge < -0.3 is 10.6 Å². The summed E-state index contributed by atoms with van der Waals surface area (Å²) in [5.41, 5.74) is 4.01. The van der Waals surface area contributed by atoms with Crippen molar-refractivity contribution in [3.63, 3.8) is 0 Å². The Morgan fingerprint density at radius 3 is 2.64 bits per heavy atom. The van der Waals surface area contributed by atoms with Crippen molar-refractivity contribution in [2.45, 2.75) is 25.9 Å². The molecule has 0 bridgehead atoms. The Bertz CT molecular complexity index is 692. The average molecular weight is 292 g/mol. The fourth-order valence-electron chi connectivity index (χ4n) is 2.81. The predicted octanol–water partition coefficient (Wildman–Crippen LogP) is 3.40. The van der Waals surface area contributed by atoms with Crippen molar-refractivity contribution >= 4 is 11.5 Å². The molecule has 1 amide bonds. The highest BCUT2D eigenvalue weighted by Crippen LogP contribution is 2.24. The van der Waals surface area contributed by atoms with Gasteiger partial charge in [-0.15, -0.1) is 0 Å². The number of amides is 1. The van der Waals surface area contributed by atoms with Crippen LogP contribution in [0, 0.1) is 0 Å². The van der Waals surface area contributed by atoms with E-state index in [0.717, 1.165) is 29.7 Å². The Balaban J connectivity index is 1.81. The van der Waals surface area contributed by atoms with Crippen molar-refractivity contribution in [3.05, 3.63) is 77.5 Å². The van der Waals surface area contributed by atoms with Crippen LogP contribution in [0.1, 0.15) is 36.1 Å². The van der Waals surface area contributed by atoms with Crippen LogP contribution in [-0.4, -0.2) is 5.91 Å².